The van der Waals surface area contributed by atoms with Crippen LogP contribution in [0.3, 0.4) is 0 Å². The van der Waals surface area contributed by atoms with Crippen molar-refractivity contribution >= 4 is 11.7 Å². The van der Waals surface area contributed by atoms with Gasteiger partial charge in [-0.05, 0) is 12.5 Å². The number of hydrogen-bond donors (Lipinski definition) is 4. The second kappa shape index (κ2) is 8.16. The van der Waals surface area contributed by atoms with Crippen LogP contribution < -0.4 is 10.6 Å². The molecule has 4 N–H and O–H groups in total. The third kappa shape index (κ3) is 5.19. The summed E-state index contributed by atoms with van der Waals surface area (Å²) in [6, 6.07) is 9.34. The van der Waals surface area contributed by atoms with Gasteiger partial charge in [-0.3, -0.25) is 5.10 Å². The highest BCUT2D eigenvalue weighted by Crippen LogP contribution is 2.15. The number of hydrogen-bond acceptors (Lipinski definition) is 4. The Morgan fingerprint density at radius 2 is 2.18 bits per heavy atom. The van der Waals surface area contributed by atoms with E-state index in [-0.39, 0.29) is 19.3 Å². The molecule has 1 aromatic heterocycles. The zero-order valence-corrected chi connectivity index (χ0v) is 12.3. The summed E-state index contributed by atoms with van der Waals surface area (Å²) in [5, 5.41) is 21.3. The quantitative estimate of drug-likeness (QED) is 0.625. The molecule has 2 atom stereocenters. The molecule has 0 aliphatic rings. The summed E-state index contributed by atoms with van der Waals surface area (Å²) >= 11 is 0. The number of amides is 2. The molecule has 0 aliphatic carbocycles. The number of urea groups is 1. The molecular formula is C15H20N4O3. The number of H-pyrrole nitrogens is 1. The van der Waals surface area contributed by atoms with Crippen molar-refractivity contribution in [3.05, 3.63) is 48.3 Å². The molecule has 2 rings (SSSR count). The molecule has 7 heteroatoms. The molecule has 0 bridgehead atoms. The van der Waals surface area contributed by atoms with Gasteiger partial charge < -0.3 is 20.5 Å². The fraction of sp³-hybridized carbons (Fsp3) is 0.333. The number of ether oxygens (including phenoxy) is 1. The SMILES string of the molecule is C[C@@H](OC[C@H](O)CNC(=O)Nc1cn[nH]c1)c1ccccc1. The van der Waals surface area contributed by atoms with E-state index in [0.29, 0.717) is 5.69 Å². The topological polar surface area (TPSA) is 99.3 Å². The molecule has 0 radical (unpaired) electrons. The van der Waals surface area contributed by atoms with E-state index in [0.717, 1.165) is 5.56 Å². The minimum absolute atomic E-state index is 0.102. The van der Waals surface area contributed by atoms with E-state index in [1.54, 1.807) is 6.20 Å². The van der Waals surface area contributed by atoms with E-state index in [1.807, 2.05) is 37.3 Å². The monoisotopic (exact) mass is 304 g/mol. The van der Waals surface area contributed by atoms with Crippen LogP contribution in [0.4, 0.5) is 10.5 Å². The second-order valence-corrected chi connectivity index (χ2v) is 4.86. The van der Waals surface area contributed by atoms with Gasteiger partial charge in [0.1, 0.15) is 0 Å². The number of aromatic amines is 1. The maximum atomic E-state index is 11.6. The first-order valence-electron chi connectivity index (χ1n) is 7.03. The molecule has 0 unspecified atom stereocenters. The van der Waals surface area contributed by atoms with Crippen LogP contribution in [0.25, 0.3) is 0 Å². The van der Waals surface area contributed by atoms with Crippen molar-refractivity contribution in [3.8, 4) is 0 Å². The third-order valence-electron chi connectivity index (χ3n) is 3.06. The Morgan fingerprint density at radius 3 is 2.86 bits per heavy atom. The van der Waals surface area contributed by atoms with Crippen molar-refractivity contribution in [2.75, 3.05) is 18.5 Å². The van der Waals surface area contributed by atoms with Crippen molar-refractivity contribution in [1.29, 1.82) is 0 Å². The molecule has 2 aromatic rings. The highest BCUT2D eigenvalue weighted by atomic mass is 16.5. The second-order valence-electron chi connectivity index (χ2n) is 4.86. The van der Waals surface area contributed by atoms with Crippen molar-refractivity contribution in [1.82, 2.24) is 15.5 Å². The summed E-state index contributed by atoms with van der Waals surface area (Å²) in [6.45, 7) is 2.16. The maximum Gasteiger partial charge on any atom is 0.319 e. The van der Waals surface area contributed by atoms with Crippen LogP contribution in [0.5, 0.6) is 0 Å². The number of anilines is 1. The van der Waals surface area contributed by atoms with Gasteiger partial charge in [-0.25, -0.2) is 4.79 Å². The van der Waals surface area contributed by atoms with Crippen LogP contribution in [0.2, 0.25) is 0 Å². The number of aliphatic hydroxyl groups is 1. The summed E-state index contributed by atoms with van der Waals surface area (Å²) in [5.41, 5.74) is 1.60. The predicted octanol–water partition coefficient (Wildman–Crippen LogP) is 1.67. The summed E-state index contributed by atoms with van der Waals surface area (Å²) in [4.78, 5) is 11.6. The molecule has 1 heterocycles. The number of aromatic nitrogens is 2. The largest absolute Gasteiger partial charge is 0.389 e. The molecule has 1 aromatic carbocycles. The van der Waals surface area contributed by atoms with E-state index in [1.165, 1.54) is 6.20 Å². The zero-order chi connectivity index (χ0) is 15.8. The van der Waals surface area contributed by atoms with Gasteiger partial charge in [0.25, 0.3) is 0 Å². The van der Waals surface area contributed by atoms with Gasteiger partial charge in [0, 0.05) is 12.7 Å². The maximum absolute atomic E-state index is 11.6. The average Bonchev–Trinajstić information content (AvgIpc) is 3.04. The molecule has 0 saturated heterocycles. The van der Waals surface area contributed by atoms with Gasteiger partial charge in [0.05, 0.1) is 30.7 Å². The van der Waals surface area contributed by atoms with E-state index in [4.69, 9.17) is 4.74 Å². The van der Waals surface area contributed by atoms with Gasteiger partial charge in [-0.2, -0.15) is 5.10 Å². The smallest absolute Gasteiger partial charge is 0.319 e. The number of rotatable bonds is 7. The third-order valence-corrected chi connectivity index (χ3v) is 3.06. The molecule has 0 spiro atoms. The van der Waals surface area contributed by atoms with Crippen molar-refractivity contribution in [2.24, 2.45) is 0 Å². The Bertz CT molecular complexity index is 559. The van der Waals surface area contributed by atoms with Gasteiger partial charge in [0.15, 0.2) is 0 Å². The van der Waals surface area contributed by atoms with Crippen LogP contribution in [0, 0.1) is 0 Å². The molecule has 7 nitrogen and oxygen atoms in total. The lowest BCUT2D eigenvalue weighted by atomic mass is 10.1. The fourth-order valence-corrected chi connectivity index (χ4v) is 1.84. The zero-order valence-electron chi connectivity index (χ0n) is 12.3. The van der Waals surface area contributed by atoms with Crippen LogP contribution in [-0.4, -0.2) is 40.6 Å². The standard InChI is InChI=1S/C15H20N4O3/c1-11(12-5-3-2-4-6-12)22-10-14(20)9-16-15(21)19-13-7-17-18-8-13/h2-8,11,14,20H,9-10H2,1H3,(H,17,18)(H2,16,19,21)/t11-,14-/m1/s1. The Labute approximate surface area is 128 Å². The minimum atomic E-state index is -0.777. The molecule has 118 valence electrons. The number of carbonyl (C=O) groups is 1. The van der Waals surface area contributed by atoms with Crippen molar-refractivity contribution in [3.63, 3.8) is 0 Å². The number of aliphatic hydroxyl groups excluding tert-OH is 1. The lowest BCUT2D eigenvalue weighted by Crippen LogP contribution is -2.37. The lowest BCUT2D eigenvalue weighted by Gasteiger charge is -2.17. The van der Waals surface area contributed by atoms with Crippen LogP contribution in [0.1, 0.15) is 18.6 Å². The summed E-state index contributed by atoms with van der Waals surface area (Å²) < 4.78 is 5.59. The fourth-order valence-electron chi connectivity index (χ4n) is 1.84. The van der Waals surface area contributed by atoms with Crippen molar-refractivity contribution < 1.29 is 14.6 Å². The van der Waals surface area contributed by atoms with Gasteiger partial charge in [0.2, 0.25) is 0 Å². The highest BCUT2D eigenvalue weighted by molar-refractivity contribution is 5.88. The summed E-state index contributed by atoms with van der Waals surface area (Å²) in [5.74, 6) is 0. The van der Waals surface area contributed by atoms with Gasteiger partial charge >= 0.3 is 6.03 Å². The molecule has 0 aliphatic heterocycles. The first-order chi connectivity index (χ1) is 10.6. The van der Waals surface area contributed by atoms with E-state index in [2.05, 4.69) is 20.8 Å². The van der Waals surface area contributed by atoms with Gasteiger partial charge in [-0.1, -0.05) is 30.3 Å². The predicted molar refractivity (Wildman–Crippen MR) is 82.4 cm³/mol. The number of nitrogens with one attached hydrogen (secondary N) is 3. The Hall–Kier alpha value is -2.38. The Kier molecular flexibility index (Phi) is 5.93. The van der Waals surface area contributed by atoms with Crippen molar-refractivity contribution in [2.45, 2.75) is 19.1 Å². The number of benzene rings is 1. The number of carbonyl (C=O) groups excluding carboxylic acids is 1. The highest BCUT2D eigenvalue weighted by Gasteiger charge is 2.11. The van der Waals surface area contributed by atoms with E-state index < -0.39 is 12.1 Å². The summed E-state index contributed by atoms with van der Waals surface area (Å²) in [7, 11) is 0. The summed E-state index contributed by atoms with van der Waals surface area (Å²) in [6.07, 6.45) is 2.15. The Morgan fingerprint density at radius 1 is 1.41 bits per heavy atom. The molecule has 22 heavy (non-hydrogen) atoms. The lowest BCUT2D eigenvalue weighted by molar-refractivity contribution is -0.000953. The number of nitrogens with zero attached hydrogens (tertiary/aromatic N) is 1. The normalized spacial score (nSPS) is 13.4. The minimum Gasteiger partial charge on any atom is -0.389 e. The molecule has 2 amide bonds. The average molecular weight is 304 g/mol. The van der Waals surface area contributed by atoms with E-state index in [9.17, 15) is 9.90 Å². The molecule has 0 fully saturated rings. The van der Waals surface area contributed by atoms with Crippen LogP contribution in [-0.2, 0) is 4.74 Å². The van der Waals surface area contributed by atoms with Crippen LogP contribution in [0.15, 0.2) is 42.7 Å². The van der Waals surface area contributed by atoms with E-state index >= 15 is 0 Å². The first kappa shape index (κ1) is 16.0. The van der Waals surface area contributed by atoms with Crippen LogP contribution >= 0.6 is 0 Å². The Balaban J connectivity index is 1.65. The van der Waals surface area contributed by atoms with Gasteiger partial charge in [-0.15, -0.1) is 0 Å². The molecule has 0 saturated carbocycles. The first-order valence-corrected chi connectivity index (χ1v) is 7.03. The molecular weight excluding hydrogens is 284 g/mol.